The lowest BCUT2D eigenvalue weighted by atomic mass is 10.2. The first kappa shape index (κ1) is 9.18. The van der Waals surface area contributed by atoms with Gasteiger partial charge in [0.2, 0.25) is 0 Å². The lowest BCUT2D eigenvalue weighted by Crippen LogP contribution is -2.37. The van der Waals surface area contributed by atoms with Crippen molar-refractivity contribution in [1.29, 1.82) is 0 Å². The van der Waals surface area contributed by atoms with E-state index in [1.165, 1.54) is 6.07 Å². The quantitative estimate of drug-likeness (QED) is 0.699. The summed E-state index contributed by atoms with van der Waals surface area (Å²) in [5, 5.41) is 2.30. The van der Waals surface area contributed by atoms with Gasteiger partial charge in [-0.2, -0.15) is 13.2 Å². The monoisotopic (exact) mass is 203 g/mol. The van der Waals surface area contributed by atoms with E-state index in [-0.39, 0.29) is 5.75 Å². The lowest BCUT2D eigenvalue weighted by molar-refractivity contribution is -0.182. The fraction of sp³-hybridized carbons (Fsp3) is 0.333. The molecule has 0 spiro atoms. The molecule has 1 aromatic rings. The summed E-state index contributed by atoms with van der Waals surface area (Å²) in [6.45, 7) is 1.73. The number of alkyl halides is 3. The number of rotatable bonds is 0. The van der Waals surface area contributed by atoms with Crippen molar-refractivity contribution >= 4 is 5.69 Å². The Morgan fingerprint density at radius 2 is 2.07 bits per heavy atom. The third kappa shape index (κ3) is 1.38. The molecule has 0 radical (unpaired) electrons. The van der Waals surface area contributed by atoms with Gasteiger partial charge < -0.3 is 10.1 Å². The standard InChI is InChI=1S/C9H8F3NO/c1-5-3-2-4-6-7(5)13-8(14-6)9(10,11)12/h2-4,8,13H,1H3. The number of benzene rings is 1. The van der Waals surface area contributed by atoms with E-state index in [0.29, 0.717) is 5.69 Å². The Kier molecular flexibility index (Phi) is 1.83. The first-order chi connectivity index (χ1) is 6.48. The van der Waals surface area contributed by atoms with Crippen molar-refractivity contribution in [1.82, 2.24) is 0 Å². The topological polar surface area (TPSA) is 21.3 Å². The molecule has 2 nitrogen and oxygen atoms in total. The maximum absolute atomic E-state index is 12.3. The van der Waals surface area contributed by atoms with Crippen molar-refractivity contribution in [3.63, 3.8) is 0 Å². The van der Waals surface area contributed by atoms with E-state index in [0.717, 1.165) is 5.56 Å². The summed E-state index contributed by atoms with van der Waals surface area (Å²) in [6.07, 6.45) is -6.30. The minimum atomic E-state index is -4.38. The molecule has 1 unspecified atom stereocenters. The van der Waals surface area contributed by atoms with Crippen LogP contribution in [-0.4, -0.2) is 12.4 Å². The third-order valence-electron chi connectivity index (χ3n) is 2.05. The molecule has 1 heterocycles. The first-order valence-electron chi connectivity index (χ1n) is 4.08. The summed E-state index contributed by atoms with van der Waals surface area (Å²) in [6, 6.07) is 4.91. The van der Waals surface area contributed by atoms with E-state index < -0.39 is 12.4 Å². The maximum Gasteiger partial charge on any atom is 0.445 e. The number of halogens is 3. The Morgan fingerprint density at radius 3 is 2.64 bits per heavy atom. The molecule has 1 N–H and O–H groups in total. The molecule has 1 aliphatic heterocycles. The van der Waals surface area contributed by atoms with Gasteiger partial charge in [-0.3, -0.25) is 0 Å². The second-order valence-electron chi connectivity index (χ2n) is 3.13. The van der Waals surface area contributed by atoms with Crippen LogP contribution in [0.2, 0.25) is 0 Å². The van der Waals surface area contributed by atoms with Gasteiger partial charge in [-0.25, -0.2) is 0 Å². The molecule has 0 saturated carbocycles. The number of ether oxygens (including phenoxy) is 1. The van der Waals surface area contributed by atoms with E-state index in [2.05, 4.69) is 5.32 Å². The zero-order valence-corrected chi connectivity index (χ0v) is 7.35. The predicted molar refractivity (Wildman–Crippen MR) is 45.3 cm³/mol. The lowest BCUT2D eigenvalue weighted by Gasteiger charge is -2.14. The van der Waals surface area contributed by atoms with E-state index in [4.69, 9.17) is 4.74 Å². The smallest absolute Gasteiger partial charge is 0.445 e. The Balaban J connectivity index is 2.31. The van der Waals surface area contributed by atoms with Gasteiger partial charge in [0, 0.05) is 0 Å². The number of hydrogen-bond donors (Lipinski definition) is 1. The summed E-state index contributed by atoms with van der Waals surface area (Å²) in [5.74, 6) is 0.257. The summed E-state index contributed by atoms with van der Waals surface area (Å²) >= 11 is 0. The van der Waals surface area contributed by atoms with Crippen LogP contribution in [0, 0.1) is 6.92 Å². The highest BCUT2D eigenvalue weighted by molar-refractivity contribution is 5.64. The van der Waals surface area contributed by atoms with Crippen molar-refractivity contribution in [2.24, 2.45) is 0 Å². The minimum Gasteiger partial charge on any atom is -0.459 e. The molecule has 0 saturated heterocycles. The van der Waals surface area contributed by atoms with E-state index in [1.807, 2.05) is 0 Å². The van der Waals surface area contributed by atoms with Crippen molar-refractivity contribution in [2.75, 3.05) is 5.32 Å². The number of hydrogen-bond acceptors (Lipinski definition) is 2. The molecule has 0 fully saturated rings. The van der Waals surface area contributed by atoms with Crippen molar-refractivity contribution in [3.8, 4) is 5.75 Å². The number of fused-ring (bicyclic) bond motifs is 1. The van der Waals surface area contributed by atoms with Gasteiger partial charge in [-0.05, 0) is 18.6 Å². The van der Waals surface area contributed by atoms with E-state index in [9.17, 15) is 13.2 Å². The van der Waals surface area contributed by atoms with Crippen molar-refractivity contribution < 1.29 is 17.9 Å². The summed E-state index contributed by atoms with van der Waals surface area (Å²) in [7, 11) is 0. The van der Waals surface area contributed by atoms with Crippen LogP contribution in [-0.2, 0) is 0 Å². The van der Waals surface area contributed by atoms with Crippen molar-refractivity contribution in [3.05, 3.63) is 23.8 Å². The van der Waals surface area contributed by atoms with Gasteiger partial charge in [0.1, 0.15) is 5.75 Å². The highest BCUT2D eigenvalue weighted by Gasteiger charge is 2.45. The average Bonchev–Trinajstić information content (AvgIpc) is 2.48. The highest BCUT2D eigenvalue weighted by Crippen LogP contribution is 2.39. The van der Waals surface area contributed by atoms with Gasteiger partial charge in [0.05, 0.1) is 5.69 Å². The zero-order chi connectivity index (χ0) is 10.3. The van der Waals surface area contributed by atoms with Gasteiger partial charge in [0.15, 0.2) is 0 Å². The molecule has 2 rings (SSSR count). The van der Waals surface area contributed by atoms with Gasteiger partial charge in [0.25, 0.3) is 6.23 Å². The normalized spacial score (nSPS) is 19.9. The molecule has 76 valence electrons. The van der Waals surface area contributed by atoms with Crippen LogP contribution in [0.25, 0.3) is 0 Å². The second kappa shape index (κ2) is 2.80. The SMILES string of the molecule is Cc1cccc2c1NC(C(F)(F)F)O2. The first-order valence-corrected chi connectivity index (χ1v) is 4.08. The van der Waals surface area contributed by atoms with Crippen LogP contribution in [0.1, 0.15) is 5.56 Å². The van der Waals surface area contributed by atoms with Crippen LogP contribution in [0.15, 0.2) is 18.2 Å². The highest BCUT2D eigenvalue weighted by atomic mass is 19.4. The predicted octanol–water partition coefficient (Wildman–Crippen LogP) is 2.69. The van der Waals surface area contributed by atoms with Gasteiger partial charge in [-0.1, -0.05) is 12.1 Å². The molecule has 0 bridgehead atoms. The van der Waals surface area contributed by atoms with Crippen LogP contribution >= 0.6 is 0 Å². The molecule has 0 aromatic heterocycles. The number of aryl methyl sites for hydroxylation is 1. The Hall–Kier alpha value is -1.39. The average molecular weight is 203 g/mol. The summed E-state index contributed by atoms with van der Waals surface area (Å²) in [5.41, 5.74) is 1.17. The molecule has 1 aromatic carbocycles. The summed E-state index contributed by atoms with van der Waals surface area (Å²) in [4.78, 5) is 0. The van der Waals surface area contributed by atoms with E-state index in [1.54, 1.807) is 19.1 Å². The molecular formula is C9H8F3NO. The largest absolute Gasteiger partial charge is 0.459 e. The number of para-hydroxylation sites is 1. The number of nitrogens with one attached hydrogen (secondary N) is 1. The van der Waals surface area contributed by atoms with Crippen LogP contribution in [0.4, 0.5) is 18.9 Å². The Labute approximate surface area is 78.7 Å². The molecule has 1 atom stereocenters. The fourth-order valence-corrected chi connectivity index (χ4v) is 1.36. The zero-order valence-electron chi connectivity index (χ0n) is 7.35. The fourth-order valence-electron chi connectivity index (χ4n) is 1.36. The molecular weight excluding hydrogens is 195 g/mol. The maximum atomic E-state index is 12.3. The molecule has 1 aliphatic rings. The molecule has 0 amide bonds. The third-order valence-corrected chi connectivity index (χ3v) is 2.05. The number of anilines is 1. The summed E-state index contributed by atoms with van der Waals surface area (Å²) < 4.78 is 41.5. The minimum absolute atomic E-state index is 0.257. The van der Waals surface area contributed by atoms with E-state index >= 15 is 0 Å². The van der Waals surface area contributed by atoms with Crippen LogP contribution < -0.4 is 10.1 Å². The van der Waals surface area contributed by atoms with Gasteiger partial charge in [-0.15, -0.1) is 0 Å². The molecule has 14 heavy (non-hydrogen) atoms. The molecule has 5 heteroatoms. The van der Waals surface area contributed by atoms with Crippen LogP contribution in [0.3, 0.4) is 0 Å². The molecule has 0 aliphatic carbocycles. The van der Waals surface area contributed by atoms with Crippen LogP contribution in [0.5, 0.6) is 5.75 Å². The Morgan fingerprint density at radius 1 is 1.36 bits per heavy atom. The van der Waals surface area contributed by atoms with Gasteiger partial charge >= 0.3 is 6.18 Å². The Bertz CT molecular complexity index is 362. The second-order valence-corrected chi connectivity index (χ2v) is 3.13. The van der Waals surface area contributed by atoms with Crippen molar-refractivity contribution in [2.45, 2.75) is 19.3 Å².